The van der Waals surface area contributed by atoms with Gasteiger partial charge in [-0.1, -0.05) is 43.3 Å². The summed E-state index contributed by atoms with van der Waals surface area (Å²) in [7, 11) is 0. The van der Waals surface area contributed by atoms with E-state index in [0.29, 0.717) is 12.2 Å². The number of likely N-dealkylation sites (tertiary alicyclic amines) is 1. The van der Waals surface area contributed by atoms with E-state index < -0.39 is 0 Å². The molecule has 0 spiro atoms. The molecule has 1 atom stereocenters. The quantitative estimate of drug-likeness (QED) is 0.489. The number of ether oxygens (including phenoxy) is 1. The highest BCUT2D eigenvalue weighted by Crippen LogP contribution is 2.27. The van der Waals surface area contributed by atoms with Gasteiger partial charge >= 0.3 is 0 Å². The van der Waals surface area contributed by atoms with Gasteiger partial charge in [-0.25, -0.2) is 4.68 Å². The minimum atomic E-state index is -0.234. The van der Waals surface area contributed by atoms with Crippen molar-refractivity contribution in [3.8, 4) is 11.4 Å². The molecule has 1 N–H and O–H groups in total. The Hall–Kier alpha value is -3.87. The number of carbonyl (C=O) groups excluding carboxylic acids is 2. The third kappa shape index (κ3) is 5.92. The molecule has 3 aromatic rings. The molecule has 2 aromatic carbocycles. The fourth-order valence-electron chi connectivity index (χ4n) is 4.03. The fourth-order valence-corrected chi connectivity index (χ4v) is 4.03. The van der Waals surface area contributed by atoms with Crippen LogP contribution < -0.4 is 10.1 Å². The summed E-state index contributed by atoms with van der Waals surface area (Å²) in [5, 5.41) is 7.40. The molecule has 1 fully saturated rings. The fraction of sp³-hybridized carbons (Fsp3) is 0.296. The lowest BCUT2D eigenvalue weighted by molar-refractivity contribution is -0.132. The van der Waals surface area contributed by atoms with E-state index in [0.717, 1.165) is 42.7 Å². The molecule has 34 heavy (non-hydrogen) atoms. The van der Waals surface area contributed by atoms with Crippen LogP contribution >= 0.6 is 0 Å². The second-order valence-electron chi connectivity index (χ2n) is 8.27. The molecular weight excluding hydrogens is 428 g/mol. The van der Waals surface area contributed by atoms with E-state index in [-0.39, 0.29) is 24.5 Å². The molecule has 0 bridgehead atoms. The number of nitrogens with zero attached hydrogens (tertiary/aromatic N) is 3. The number of hydrogen-bond acceptors (Lipinski definition) is 4. The summed E-state index contributed by atoms with van der Waals surface area (Å²) in [5.41, 5.74) is 2.64. The molecule has 176 valence electrons. The van der Waals surface area contributed by atoms with Gasteiger partial charge in [0.15, 0.2) is 6.61 Å². The van der Waals surface area contributed by atoms with Crippen LogP contribution in [0.15, 0.2) is 73.1 Å². The van der Waals surface area contributed by atoms with Gasteiger partial charge in [0, 0.05) is 36.5 Å². The number of aromatic nitrogens is 2. The van der Waals surface area contributed by atoms with Crippen LogP contribution in [0.25, 0.3) is 11.8 Å². The molecule has 0 radical (unpaired) electrons. The molecule has 1 saturated heterocycles. The first-order chi connectivity index (χ1) is 16.6. The summed E-state index contributed by atoms with van der Waals surface area (Å²) in [6.07, 6.45) is 9.62. The number of rotatable bonds is 9. The average molecular weight is 459 g/mol. The Morgan fingerprint density at radius 3 is 2.59 bits per heavy atom. The van der Waals surface area contributed by atoms with Crippen molar-refractivity contribution in [2.24, 2.45) is 0 Å². The monoisotopic (exact) mass is 458 g/mol. The van der Waals surface area contributed by atoms with Crippen molar-refractivity contribution in [1.29, 1.82) is 0 Å². The Labute approximate surface area is 200 Å². The molecular formula is C27H30N4O3. The standard InChI is InChI=1S/C27H30N4O3/c1-2-24(23-12-6-7-13-25(23)34-20-27(33)30-16-8-9-17-30)29-26(32)15-14-21-18-28-31(19-21)22-10-4-3-5-11-22/h3-7,10-15,18-19,24H,2,8-9,16-17,20H2,1H3,(H,29,32)/b15-14+. The van der Waals surface area contributed by atoms with Crippen LogP contribution in [0.4, 0.5) is 0 Å². The van der Waals surface area contributed by atoms with Gasteiger partial charge in [-0.3, -0.25) is 9.59 Å². The van der Waals surface area contributed by atoms with Crippen molar-refractivity contribution in [2.75, 3.05) is 19.7 Å². The van der Waals surface area contributed by atoms with E-state index in [1.807, 2.05) is 72.6 Å². The van der Waals surface area contributed by atoms with Crippen molar-refractivity contribution >= 4 is 17.9 Å². The van der Waals surface area contributed by atoms with Gasteiger partial charge in [-0.05, 0) is 43.5 Å². The van der Waals surface area contributed by atoms with E-state index in [2.05, 4.69) is 10.4 Å². The van der Waals surface area contributed by atoms with Gasteiger partial charge in [0.1, 0.15) is 5.75 Å². The number of carbonyl (C=O) groups is 2. The number of para-hydroxylation sites is 2. The summed E-state index contributed by atoms with van der Waals surface area (Å²) in [6, 6.07) is 17.1. The van der Waals surface area contributed by atoms with Gasteiger partial charge in [0.05, 0.1) is 17.9 Å². The van der Waals surface area contributed by atoms with Crippen molar-refractivity contribution < 1.29 is 14.3 Å². The van der Waals surface area contributed by atoms with E-state index in [1.165, 1.54) is 6.08 Å². The van der Waals surface area contributed by atoms with Gasteiger partial charge in [-0.2, -0.15) is 5.10 Å². The molecule has 0 saturated carbocycles. The number of benzene rings is 2. The zero-order valence-corrected chi connectivity index (χ0v) is 19.4. The molecule has 1 aliphatic heterocycles. The van der Waals surface area contributed by atoms with E-state index in [4.69, 9.17) is 4.74 Å². The summed E-state index contributed by atoms with van der Waals surface area (Å²) in [5.74, 6) is 0.418. The van der Waals surface area contributed by atoms with Gasteiger partial charge in [0.2, 0.25) is 5.91 Å². The predicted molar refractivity (Wildman–Crippen MR) is 132 cm³/mol. The summed E-state index contributed by atoms with van der Waals surface area (Å²) in [4.78, 5) is 26.9. The Morgan fingerprint density at radius 1 is 1.09 bits per heavy atom. The second kappa shape index (κ2) is 11.3. The maximum atomic E-state index is 12.7. The minimum Gasteiger partial charge on any atom is -0.483 e. The molecule has 2 heterocycles. The lowest BCUT2D eigenvalue weighted by Crippen LogP contribution is -2.32. The molecule has 1 unspecified atom stereocenters. The first-order valence-electron chi connectivity index (χ1n) is 11.7. The van der Waals surface area contributed by atoms with Crippen molar-refractivity contribution in [3.05, 3.63) is 84.2 Å². The first kappa shape index (κ1) is 23.3. The van der Waals surface area contributed by atoms with Gasteiger partial charge in [-0.15, -0.1) is 0 Å². The Bertz CT molecular complexity index is 1130. The predicted octanol–water partition coefficient (Wildman–Crippen LogP) is 4.15. The van der Waals surface area contributed by atoms with E-state index in [9.17, 15) is 9.59 Å². The highest BCUT2D eigenvalue weighted by atomic mass is 16.5. The van der Waals surface area contributed by atoms with Crippen molar-refractivity contribution in [2.45, 2.75) is 32.2 Å². The highest BCUT2D eigenvalue weighted by Gasteiger charge is 2.20. The summed E-state index contributed by atoms with van der Waals surface area (Å²) >= 11 is 0. The SMILES string of the molecule is CCC(NC(=O)/C=C/c1cnn(-c2ccccc2)c1)c1ccccc1OCC(=O)N1CCCC1. The Morgan fingerprint density at radius 2 is 1.82 bits per heavy atom. The lowest BCUT2D eigenvalue weighted by atomic mass is 10.0. The topological polar surface area (TPSA) is 76.5 Å². The van der Waals surface area contributed by atoms with Crippen LogP contribution in [0.1, 0.15) is 43.4 Å². The summed E-state index contributed by atoms with van der Waals surface area (Å²) < 4.78 is 7.65. The van der Waals surface area contributed by atoms with Crippen LogP contribution in [0.5, 0.6) is 5.75 Å². The Kier molecular flexibility index (Phi) is 7.75. The molecule has 7 nitrogen and oxygen atoms in total. The number of nitrogens with one attached hydrogen (secondary N) is 1. The van der Waals surface area contributed by atoms with Crippen LogP contribution in [0, 0.1) is 0 Å². The van der Waals surface area contributed by atoms with Crippen LogP contribution in [0.2, 0.25) is 0 Å². The van der Waals surface area contributed by atoms with Crippen LogP contribution in [-0.2, 0) is 9.59 Å². The number of amides is 2. The molecule has 1 aliphatic rings. The molecule has 4 rings (SSSR count). The van der Waals surface area contributed by atoms with Crippen molar-refractivity contribution in [1.82, 2.24) is 20.0 Å². The van der Waals surface area contributed by atoms with Gasteiger partial charge in [0.25, 0.3) is 5.91 Å². The first-order valence-corrected chi connectivity index (χ1v) is 11.7. The maximum Gasteiger partial charge on any atom is 0.260 e. The third-order valence-electron chi connectivity index (χ3n) is 5.88. The second-order valence-corrected chi connectivity index (χ2v) is 8.27. The molecule has 2 amide bonds. The van der Waals surface area contributed by atoms with Crippen LogP contribution in [-0.4, -0.2) is 46.2 Å². The molecule has 1 aromatic heterocycles. The average Bonchev–Trinajstić information content (AvgIpc) is 3.58. The smallest absolute Gasteiger partial charge is 0.260 e. The summed E-state index contributed by atoms with van der Waals surface area (Å²) in [6.45, 7) is 3.61. The number of hydrogen-bond donors (Lipinski definition) is 1. The van der Waals surface area contributed by atoms with Crippen LogP contribution in [0.3, 0.4) is 0 Å². The highest BCUT2D eigenvalue weighted by molar-refractivity contribution is 5.92. The zero-order valence-electron chi connectivity index (χ0n) is 19.4. The van der Waals surface area contributed by atoms with E-state index in [1.54, 1.807) is 17.0 Å². The maximum absolute atomic E-state index is 12.7. The largest absolute Gasteiger partial charge is 0.483 e. The third-order valence-corrected chi connectivity index (χ3v) is 5.88. The van der Waals surface area contributed by atoms with Crippen molar-refractivity contribution in [3.63, 3.8) is 0 Å². The minimum absolute atomic E-state index is 0.00312. The van der Waals surface area contributed by atoms with E-state index >= 15 is 0 Å². The molecule has 7 heteroatoms. The molecule has 0 aliphatic carbocycles. The van der Waals surface area contributed by atoms with Gasteiger partial charge < -0.3 is 15.0 Å². The Balaban J connectivity index is 1.37. The zero-order chi connectivity index (χ0) is 23.8. The lowest BCUT2D eigenvalue weighted by Gasteiger charge is -2.21. The normalized spacial score (nSPS) is 14.3.